The van der Waals surface area contributed by atoms with Gasteiger partial charge in [-0.25, -0.2) is 4.98 Å². The first-order valence-electron chi connectivity index (χ1n) is 8.89. The molecule has 140 valence electrons. The van der Waals surface area contributed by atoms with E-state index in [0.29, 0.717) is 25.3 Å². The van der Waals surface area contributed by atoms with E-state index in [1.807, 2.05) is 49.4 Å². The van der Waals surface area contributed by atoms with Crippen LogP contribution in [-0.2, 0) is 11.2 Å². The highest BCUT2D eigenvalue weighted by atomic mass is 16.5. The van der Waals surface area contributed by atoms with Crippen LogP contribution in [-0.4, -0.2) is 35.7 Å². The number of hydrogen-bond donors (Lipinski definition) is 1. The fourth-order valence-corrected chi connectivity index (χ4v) is 2.85. The van der Waals surface area contributed by atoms with Gasteiger partial charge in [0.25, 0.3) is 0 Å². The molecular formula is C21H23N3O3. The number of para-hydroxylation sites is 2. The fraction of sp³-hybridized carbons (Fsp3) is 0.238. The number of rotatable bonds is 8. The quantitative estimate of drug-likeness (QED) is 0.622. The molecule has 0 aliphatic rings. The molecule has 0 fully saturated rings. The molecule has 0 saturated carbocycles. The predicted molar refractivity (Wildman–Crippen MR) is 106 cm³/mol. The number of fused-ring (bicyclic) bond motifs is 1. The van der Waals surface area contributed by atoms with Crippen molar-refractivity contribution in [3.8, 4) is 11.5 Å². The second kappa shape index (κ2) is 8.89. The van der Waals surface area contributed by atoms with Crippen molar-refractivity contribution in [2.45, 2.75) is 13.3 Å². The molecule has 1 N–H and O–H groups in total. The number of ether oxygens (including phenoxy) is 2. The van der Waals surface area contributed by atoms with Crippen molar-refractivity contribution in [3.05, 3.63) is 60.4 Å². The van der Waals surface area contributed by atoms with Crippen molar-refractivity contribution in [2.75, 3.05) is 20.3 Å². The van der Waals surface area contributed by atoms with E-state index in [1.54, 1.807) is 24.2 Å². The van der Waals surface area contributed by atoms with Crippen molar-refractivity contribution in [1.29, 1.82) is 0 Å². The van der Waals surface area contributed by atoms with E-state index in [-0.39, 0.29) is 5.91 Å². The predicted octanol–water partition coefficient (Wildman–Crippen LogP) is 3.27. The molecule has 0 atom stereocenters. The van der Waals surface area contributed by atoms with Crippen molar-refractivity contribution >= 4 is 23.1 Å². The molecule has 0 aliphatic carbocycles. The molecule has 1 aromatic heterocycles. The van der Waals surface area contributed by atoms with Crippen LogP contribution < -0.4 is 14.8 Å². The monoisotopic (exact) mass is 365 g/mol. The molecule has 27 heavy (non-hydrogen) atoms. The van der Waals surface area contributed by atoms with Crippen LogP contribution >= 0.6 is 0 Å². The van der Waals surface area contributed by atoms with Gasteiger partial charge in [0, 0.05) is 18.8 Å². The van der Waals surface area contributed by atoms with Crippen LogP contribution in [0.3, 0.4) is 0 Å². The topological polar surface area (TPSA) is 65.4 Å². The molecule has 0 spiro atoms. The summed E-state index contributed by atoms with van der Waals surface area (Å²) in [4.78, 5) is 16.4. The van der Waals surface area contributed by atoms with E-state index in [1.165, 1.54) is 6.08 Å². The van der Waals surface area contributed by atoms with Gasteiger partial charge >= 0.3 is 0 Å². The summed E-state index contributed by atoms with van der Waals surface area (Å²) in [6, 6.07) is 13.5. The highest BCUT2D eigenvalue weighted by Crippen LogP contribution is 2.23. The number of methoxy groups -OCH3 is 1. The van der Waals surface area contributed by atoms with E-state index in [9.17, 15) is 4.79 Å². The molecule has 6 nitrogen and oxygen atoms in total. The number of benzene rings is 2. The summed E-state index contributed by atoms with van der Waals surface area (Å²) in [6.07, 6.45) is 5.56. The highest BCUT2D eigenvalue weighted by Gasteiger charge is 2.06. The second-order valence-corrected chi connectivity index (χ2v) is 5.88. The SMILES string of the molecule is CCOc1ccccc1CCNC(=O)/C=C/n1cnc2c(OC)cccc21. The largest absolute Gasteiger partial charge is 0.494 e. The fourth-order valence-electron chi connectivity index (χ4n) is 2.85. The van der Waals surface area contributed by atoms with Crippen LogP contribution in [0.2, 0.25) is 0 Å². The molecule has 3 rings (SSSR count). The number of nitrogens with zero attached hydrogens (tertiary/aromatic N) is 2. The summed E-state index contributed by atoms with van der Waals surface area (Å²) in [6.45, 7) is 3.11. The number of aromatic nitrogens is 2. The first-order valence-corrected chi connectivity index (χ1v) is 8.89. The molecule has 3 aromatic rings. The Morgan fingerprint density at radius 1 is 1.19 bits per heavy atom. The lowest BCUT2D eigenvalue weighted by Crippen LogP contribution is -2.23. The maximum Gasteiger partial charge on any atom is 0.245 e. The van der Waals surface area contributed by atoms with E-state index < -0.39 is 0 Å². The van der Waals surface area contributed by atoms with E-state index in [2.05, 4.69) is 10.3 Å². The summed E-state index contributed by atoms with van der Waals surface area (Å²) < 4.78 is 12.7. The third kappa shape index (κ3) is 4.47. The van der Waals surface area contributed by atoms with Crippen molar-refractivity contribution in [1.82, 2.24) is 14.9 Å². The van der Waals surface area contributed by atoms with E-state index in [0.717, 1.165) is 22.3 Å². The Bertz CT molecular complexity index is 947. The summed E-state index contributed by atoms with van der Waals surface area (Å²) >= 11 is 0. The maximum atomic E-state index is 12.1. The third-order valence-corrected chi connectivity index (χ3v) is 4.14. The first-order chi connectivity index (χ1) is 13.2. The van der Waals surface area contributed by atoms with Crippen molar-refractivity contribution in [2.24, 2.45) is 0 Å². The van der Waals surface area contributed by atoms with Gasteiger partial charge < -0.3 is 19.4 Å². The van der Waals surface area contributed by atoms with E-state index in [4.69, 9.17) is 9.47 Å². The van der Waals surface area contributed by atoms with Crippen LogP contribution in [0, 0.1) is 0 Å². The molecule has 6 heteroatoms. The van der Waals surface area contributed by atoms with Gasteiger partial charge in [-0.15, -0.1) is 0 Å². The number of carbonyl (C=O) groups is 1. The van der Waals surface area contributed by atoms with Gasteiger partial charge in [0.2, 0.25) is 5.91 Å². The van der Waals surface area contributed by atoms with Crippen LogP contribution in [0.4, 0.5) is 0 Å². The lowest BCUT2D eigenvalue weighted by molar-refractivity contribution is -0.116. The zero-order valence-corrected chi connectivity index (χ0v) is 15.5. The Hall–Kier alpha value is -3.28. The Morgan fingerprint density at radius 2 is 2.00 bits per heavy atom. The van der Waals surface area contributed by atoms with Gasteiger partial charge in [-0.1, -0.05) is 24.3 Å². The first kappa shape index (κ1) is 18.5. The molecule has 0 aliphatic heterocycles. The molecule has 0 radical (unpaired) electrons. The zero-order chi connectivity index (χ0) is 19.1. The van der Waals surface area contributed by atoms with Gasteiger partial charge in [-0.05, 0) is 37.1 Å². The Morgan fingerprint density at radius 3 is 2.81 bits per heavy atom. The average molecular weight is 365 g/mol. The zero-order valence-electron chi connectivity index (χ0n) is 15.5. The standard InChI is InChI=1S/C21H23N3O3/c1-3-27-18-9-5-4-7-16(18)11-13-22-20(25)12-14-24-15-23-21-17(24)8-6-10-19(21)26-2/h4-10,12,14-15H,3,11,13H2,1-2H3,(H,22,25)/b14-12+. The summed E-state index contributed by atoms with van der Waals surface area (Å²) in [7, 11) is 1.61. The lowest BCUT2D eigenvalue weighted by atomic mass is 10.1. The Labute approximate surface area is 158 Å². The number of imidazole rings is 1. The van der Waals surface area contributed by atoms with Gasteiger partial charge in [0.1, 0.15) is 23.3 Å². The number of amides is 1. The smallest absolute Gasteiger partial charge is 0.245 e. The highest BCUT2D eigenvalue weighted by molar-refractivity contribution is 5.91. The minimum absolute atomic E-state index is 0.159. The minimum atomic E-state index is -0.159. The molecule has 0 bridgehead atoms. The number of hydrogen-bond acceptors (Lipinski definition) is 4. The molecule has 1 heterocycles. The van der Waals surface area contributed by atoms with Crippen LogP contribution in [0.15, 0.2) is 54.9 Å². The average Bonchev–Trinajstić information content (AvgIpc) is 3.11. The van der Waals surface area contributed by atoms with Crippen LogP contribution in [0.5, 0.6) is 11.5 Å². The van der Waals surface area contributed by atoms with Crippen LogP contribution in [0.25, 0.3) is 17.2 Å². The molecule has 0 unspecified atom stereocenters. The number of carbonyl (C=O) groups excluding carboxylic acids is 1. The molecular weight excluding hydrogens is 342 g/mol. The number of nitrogens with one attached hydrogen (secondary N) is 1. The lowest BCUT2D eigenvalue weighted by Gasteiger charge is -2.09. The maximum absolute atomic E-state index is 12.1. The van der Waals surface area contributed by atoms with Gasteiger partial charge in [0.15, 0.2) is 0 Å². The van der Waals surface area contributed by atoms with Gasteiger partial charge in [-0.2, -0.15) is 0 Å². The van der Waals surface area contributed by atoms with Gasteiger partial charge in [-0.3, -0.25) is 4.79 Å². The third-order valence-electron chi connectivity index (χ3n) is 4.14. The Kier molecular flexibility index (Phi) is 6.10. The summed E-state index contributed by atoms with van der Waals surface area (Å²) in [5.74, 6) is 1.41. The molecule has 2 aromatic carbocycles. The van der Waals surface area contributed by atoms with Crippen LogP contribution in [0.1, 0.15) is 12.5 Å². The molecule has 1 amide bonds. The van der Waals surface area contributed by atoms with Gasteiger partial charge in [0.05, 0.1) is 19.2 Å². The van der Waals surface area contributed by atoms with Crippen molar-refractivity contribution in [3.63, 3.8) is 0 Å². The summed E-state index contributed by atoms with van der Waals surface area (Å²) in [5.41, 5.74) is 2.72. The second-order valence-electron chi connectivity index (χ2n) is 5.88. The minimum Gasteiger partial charge on any atom is -0.494 e. The normalized spacial score (nSPS) is 11.0. The van der Waals surface area contributed by atoms with Crippen molar-refractivity contribution < 1.29 is 14.3 Å². The Balaban J connectivity index is 1.59. The van der Waals surface area contributed by atoms with E-state index >= 15 is 0 Å². The molecule has 0 saturated heterocycles. The summed E-state index contributed by atoms with van der Waals surface area (Å²) in [5, 5.41) is 2.89.